The molecule has 0 atom stereocenters. The Hall–Kier alpha value is -1.01. The summed E-state index contributed by atoms with van der Waals surface area (Å²) in [7, 11) is 3.42. The van der Waals surface area contributed by atoms with Gasteiger partial charge in [0.25, 0.3) is 0 Å². The molecular formula is C14H22N2O2S. The van der Waals surface area contributed by atoms with Gasteiger partial charge in [-0.15, -0.1) is 0 Å². The van der Waals surface area contributed by atoms with Crippen LogP contribution in [-0.2, 0) is 16.0 Å². The van der Waals surface area contributed by atoms with Crippen LogP contribution in [0.15, 0.2) is 24.3 Å². The molecule has 0 saturated heterocycles. The molecule has 1 aromatic carbocycles. The van der Waals surface area contributed by atoms with Gasteiger partial charge in [0.2, 0.25) is 0 Å². The lowest BCUT2D eigenvalue weighted by Gasteiger charge is -2.21. The molecule has 2 N–H and O–H groups in total. The minimum absolute atomic E-state index is 0.433. The second-order valence-corrected chi connectivity index (χ2v) is 4.77. The Bertz CT molecular complexity index is 391. The van der Waals surface area contributed by atoms with Crippen molar-refractivity contribution >= 4 is 17.2 Å². The van der Waals surface area contributed by atoms with Gasteiger partial charge in [-0.1, -0.05) is 30.4 Å². The second kappa shape index (κ2) is 8.98. The van der Waals surface area contributed by atoms with Crippen molar-refractivity contribution in [1.29, 1.82) is 0 Å². The van der Waals surface area contributed by atoms with Crippen LogP contribution in [0.4, 0.5) is 0 Å². The molecular weight excluding hydrogens is 260 g/mol. The van der Waals surface area contributed by atoms with Crippen molar-refractivity contribution in [2.45, 2.75) is 6.54 Å². The SMILES string of the molecule is COCCN(CCOC)Cc1cccc(C(N)=S)c1. The normalized spacial score (nSPS) is 10.9. The van der Waals surface area contributed by atoms with Gasteiger partial charge in [-0.05, 0) is 11.6 Å². The molecule has 0 amide bonds. The number of benzene rings is 1. The standard InChI is InChI=1S/C14H22N2O2S/c1-17-8-6-16(7-9-18-2)11-12-4-3-5-13(10-12)14(15)19/h3-5,10H,6-9,11H2,1-2H3,(H2,15,19). The van der Waals surface area contributed by atoms with Crippen molar-refractivity contribution < 1.29 is 9.47 Å². The Balaban J connectivity index is 2.65. The maximum Gasteiger partial charge on any atom is 0.103 e. The molecule has 1 rings (SSSR count). The fraction of sp³-hybridized carbons (Fsp3) is 0.500. The number of hydrogen-bond donors (Lipinski definition) is 1. The first-order valence-electron chi connectivity index (χ1n) is 6.26. The first-order chi connectivity index (χ1) is 9.17. The van der Waals surface area contributed by atoms with Crippen LogP contribution in [0.2, 0.25) is 0 Å². The molecule has 0 aliphatic carbocycles. The Morgan fingerprint density at radius 2 is 1.84 bits per heavy atom. The number of nitrogens with two attached hydrogens (primary N) is 1. The zero-order chi connectivity index (χ0) is 14.1. The van der Waals surface area contributed by atoms with Gasteiger partial charge in [-0.25, -0.2) is 0 Å². The van der Waals surface area contributed by atoms with Gasteiger partial charge >= 0.3 is 0 Å². The van der Waals surface area contributed by atoms with E-state index in [0.717, 1.165) is 25.2 Å². The molecule has 5 heteroatoms. The van der Waals surface area contributed by atoms with E-state index < -0.39 is 0 Å². The molecule has 0 radical (unpaired) electrons. The molecule has 0 heterocycles. The van der Waals surface area contributed by atoms with Crippen molar-refractivity contribution in [3.8, 4) is 0 Å². The van der Waals surface area contributed by atoms with E-state index in [1.54, 1.807) is 14.2 Å². The highest BCUT2D eigenvalue weighted by atomic mass is 32.1. The zero-order valence-corrected chi connectivity index (χ0v) is 12.4. The second-order valence-electron chi connectivity index (χ2n) is 4.33. The van der Waals surface area contributed by atoms with Crippen LogP contribution in [0.25, 0.3) is 0 Å². The summed E-state index contributed by atoms with van der Waals surface area (Å²) < 4.78 is 10.3. The van der Waals surface area contributed by atoms with Gasteiger partial charge < -0.3 is 15.2 Å². The predicted molar refractivity (Wildman–Crippen MR) is 81.4 cm³/mol. The van der Waals surface area contributed by atoms with E-state index in [-0.39, 0.29) is 0 Å². The maximum absolute atomic E-state index is 5.65. The first-order valence-corrected chi connectivity index (χ1v) is 6.67. The van der Waals surface area contributed by atoms with Crippen LogP contribution in [0.3, 0.4) is 0 Å². The third kappa shape index (κ3) is 6.11. The predicted octanol–water partition coefficient (Wildman–Crippen LogP) is 1.42. The first kappa shape index (κ1) is 16.0. The molecule has 0 aliphatic heterocycles. The molecule has 0 bridgehead atoms. The van der Waals surface area contributed by atoms with Gasteiger partial charge in [0.15, 0.2) is 0 Å². The van der Waals surface area contributed by atoms with Gasteiger partial charge in [0, 0.05) is 39.4 Å². The van der Waals surface area contributed by atoms with E-state index in [4.69, 9.17) is 27.4 Å². The summed E-state index contributed by atoms with van der Waals surface area (Å²) in [5.41, 5.74) is 7.75. The van der Waals surface area contributed by atoms with Crippen LogP contribution in [0.1, 0.15) is 11.1 Å². The molecule has 0 aliphatic rings. The Morgan fingerprint density at radius 3 is 2.37 bits per heavy atom. The van der Waals surface area contributed by atoms with Crippen LogP contribution in [-0.4, -0.2) is 50.4 Å². The third-order valence-electron chi connectivity index (χ3n) is 2.84. The highest BCUT2D eigenvalue weighted by Gasteiger charge is 2.06. The van der Waals surface area contributed by atoms with Gasteiger partial charge in [-0.3, -0.25) is 4.90 Å². The summed E-state index contributed by atoms with van der Waals surface area (Å²) in [6, 6.07) is 8.03. The molecule has 0 fully saturated rings. The van der Waals surface area contributed by atoms with Gasteiger partial charge in [0.05, 0.1) is 13.2 Å². The number of thiocarbonyl (C=S) groups is 1. The number of nitrogens with zero attached hydrogens (tertiary/aromatic N) is 1. The minimum atomic E-state index is 0.433. The van der Waals surface area contributed by atoms with E-state index >= 15 is 0 Å². The smallest absolute Gasteiger partial charge is 0.103 e. The van der Waals surface area contributed by atoms with Crippen molar-refractivity contribution in [3.63, 3.8) is 0 Å². The molecule has 0 aromatic heterocycles. The quantitative estimate of drug-likeness (QED) is 0.694. The number of methoxy groups -OCH3 is 2. The van der Waals surface area contributed by atoms with Crippen molar-refractivity contribution in [2.75, 3.05) is 40.5 Å². The van der Waals surface area contributed by atoms with Crippen LogP contribution < -0.4 is 5.73 Å². The Labute approximate surface area is 120 Å². The largest absolute Gasteiger partial charge is 0.389 e. The average molecular weight is 282 g/mol. The highest BCUT2D eigenvalue weighted by molar-refractivity contribution is 7.80. The van der Waals surface area contributed by atoms with Crippen molar-refractivity contribution in [1.82, 2.24) is 4.90 Å². The van der Waals surface area contributed by atoms with E-state index in [9.17, 15) is 0 Å². The monoisotopic (exact) mass is 282 g/mol. The van der Waals surface area contributed by atoms with E-state index in [1.165, 1.54) is 5.56 Å². The van der Waals surface area contributed by atoms with Crippen LogP contribution >= 0.6 is 12.2 Å². The molecule has 106 valence electrons. The molecule has 1 aromatic rings. The van der Waals surface area contributed by atoms with Crippen molar-refractivity contribution in [3.05, 3.63) is 35.4 Å². The van der Waals surface area contributed by atoms with Crippen molar-refractivity contribution in [2.24, 2.45) is 5.73 Å². The average Bonchev–Trinajstić information content (AvgIpc) is 2.42. The zero-order valence-electron chi connectivity index (χ0n) is 11.6. The maximum atomic E-state index is 5.65. The summed E-state index contributed by atoms with van der Waals surface area (Å²) in [4.78, 5) is 2.72. The molecule has 0 saturated carbocycles. The van der Waals surface area contributed by atoms with Crippen LogP contribution in [0, 0.1) is 0 Å². The van der Waals surface area contributed by atoms with E-state index in [1.807, 2.05) is 18.2 Å². The Morgan fingerprint density at radius 1 is 1.21 bits per heavy atom. The molecule has 0 unspecified atom stereocenters. The summed E-state index contributed by atoms with van der Waals surface area (Å²) in [6.45, 7) is 3.99. The summed E-state index contributed by atoms with van der Waals surface area (Å²) in [6.07, 6.45) is 0. The number of rotatable bonds is 9. The van der Waals surface area contributed by atoms with E-state index in [0.29, 0.717) is 18.2 Å². The lowest BCUT2D eigenvalue weighted by atomic mass is 10.1. The summed E-state index contributed by atoms with van der Waals surface area (Å²) in [5, 5.41) is 0. The fourth-order valence-corrected chi connectivity index (χ4v) is 1.92. The highest BCUT2D eigenvalue weighted by Crippen LogP contribution is 2.08. The topological polar surface area (TPSA) is 47.7 Å². The molecule has 19 heavy (non-hydrogen) atoms. The fourth-order valence-electron chi connectivity index (χ4n) is 1.79. The number of ether oxygens (including phenoxy) is 2. The third-order valence-corrected chi connectivity index (χ3v) is 3.08. The summed E-state index contributed by atoms with van der Waals surface area (Å²) in [5.74, 6) is 0. The minimum Gasteiger partial charge on any atom is -0.389 e. The van der Waals surface area contributed by atoms with E-state index in [2.05, 4.69) is 11.0 Å². The number of hydrogen-bond acceptors (Lipinski definition) is 4. The molecule has 0 spiro atoms. The Kier molecular flexibility index (Phi) is 7.59. The lowest BCUT2D eigenvalue weighted by Crippen LogP contribution is -2.30. The molecule has 4 nitrogen and oxygen atoms in total. The summed E-state index contributed by atoms with van der Waals surface area (Å²) >= 11 is 5.00. The van der Waals surface area contributed by atoms with Crippen LogP contribution in [0.5, 0.6) is 0 Å². The van der Waals surface area contributed by atoms with Gasteiger partial charge in [0.1, 0.15) is 4.99 Å². The van der Waals surface area contributed by atoms with Gasteiger partial charge in [-0.2, -0.15) is 0 Å². The lowest BCUT2D eigenvalue weighted by molar-refractivity contribution is 0.110.